The molecule has 81 valence electrons. The lowest BCUT2D eigenvalue weighted by Gasteiger charge is -2.22. The summed E-state index contributed by atoms with van der Waals surface area (Å²) < 4.78 is 0. The average molecular weight is 196 g/mol. The fourth-order valence-corrected chi connectivity index (χ4v) is 1.94. The molecule has 1 saturated carbocycles. The molecule has 1 N–H and O–H groups in total. The maximum atomic E-state index is 11.4. The second kappa shape index (κ2) is 6.86. The lowest BCUT2D eigenvalue weighted by Crippen LogP contribution is -2.36. The van der Waals surface area contributed by atoms with Crippen LogP contribution >= 0.6 is 0 Å². The fraction of sp³-hybridized carbons (Fsp3) is 0.833. The SMILES string of the molecule is CCCC[CH]C(=O)NC1CCCCC1. The molecule has 1 amide bonds. The summed E-state index contributed by atoms with van der Waals surface area (Å²) in [5, 5.41) is 3.08. The minimum Gasteiger partial charge on any atom is -0.353 e. The first kappa shape index (κ1) is 11.5. The van der Waals surface area contributed by atoms with Gasteiger partial charge in [-0.1, -0.05) is 39.0 Å². The van der Waals surface area contributed by atoms with Gasteiger partial charge in [-0.25, -0.2) is 0 Å². The zero-order valence-electron chi connectivity index (χ0n) is 9.22. The van der Waals surface area contributed by atoms with E-state index < -0.39 is 0 Å². The van der Waals surface area contributed by atoms with Crippen LogP contribution in [-0.2, 0) is 4.79 Å². The van der Waals surface area contributed by atoms with Gasteiger partial charge in [0.05, 0.1) is 0 Å². The molecular formula is C12H22NO. The monoisotopic (exact) mass is 196 g/mol. The van der Waals surface area contributed by atoms with Gasteiger partial charge in [0, 0.05) is 12.5 Å². The van der Waals surface area contributed by atoms with Crippen molar-refractivity contribution in [2.24, 2.45) is 0 Å². The summed E-state index contributed by atoms with van der Waals surface area (Å²) in [6.07, 6.45) is 11.3. The quantitative estimate of drug-likeness (QED) is 0.673. The van der Waals surface area contributed by atoms with Crippen LogP contribution < -0.4 is 5.32 Å². The van der Waals surface area contributed by atoms with Crippen molar-refractivity contribution >= 4 is 5.91 Å². The maximum Gasteiger partial charge on any atom is 0.224 e. The molecule has 1 aliphatic rings. The summed E-state index contributed by atoms with van der Waals surface area (Å²) in [5.74, 6) is 0.144. The molecule has 0 heterocycles. The van der Waals surface area contributed by atoms with Gasteiger partial charge in [-0.05, 0) is 19.3 Å². The van der Waals surface area contributed by atoms with Crippen LogP contribution in [0.25, 0.3) is 0 Å². The van der Waals surface area contributed by atoms with Crippen LogP contribution in [0.2, 0.25) is 0 Å². The molecule has 0 aromatic rings. The highest BCUT2D eigenvalue weighted by molar-refractivity contribution is 5.84. The molecule has 0 aromatic heterocycles. The minimum atomic E-state index is 0.144. The Morgan fingerprint density at radius 1 is 1.36 bits per heavy atom. The Hall–Kier alpha value is -0.530. The highest BCUT2D eigenvalue weighted by atomic mass is 16.1. The summed E-state index contributed by atoms with van der Waals surface area (Å²) in [6, 6.07) is 0.453. The Labute approximate surface area is 87.5 Å². The molecule has 1 fully saturated rings. The first-order valence-electron chi connectivity index (χ1n) is 5.96. The van der Waals surface area contributed by atoms with Crippen molar-refractivity contribution < 1.29 is 4.79 Å². The number of carbonyl (C=O) groups is 1. The highest BCUT2D eigenvalue weighted by Gasteiger charge is 2.14. The van der Waals surface area contributed by atoms with Gasteiger partial charge in [0.15, 0.2) is 0 Å². The lowest BCUT2D eigenvalue weighted by atomic mass is 9.95. The second-order valence-corrected chi connectivity index (χ2v) is 4.19. The van der Waals surface area contributed by atoms with Gasteiger partial charge in [0.1, 0.15) is 0 Å². The van der Waals surface area contributed by atoms with E-state index in [0.717, 1.165) is 19.3 Å². The second-order valence-electron chi connectivity index (χ2n) is 4.19. The van der Waals surface area contributed by atoms with Crippen molar-refractivity contribution in [3.05, 3.63) is 6.42 Å². The zero-order valence-corrected chi connectivity index (χ0v) is 9.22. The lowest BCUT2D eigenvalue weighted by molar-refractivity contribution is -0.118. The number of carbonyl (C=O) groups excluding carboxylic acids is 1. The minimum absolute atomic E-state index is 0.144. The molecular weight excluding hydrogens is 174 g/mol. The number of hydrogen-bond acceptors (Lipinski definition) is 1. The first-order valence-corrected chi connectivity index (χ1v) is 5.96. The molecule has 14 heavy (non-hydrogen) atoms. The normalized spacial score (nSPS) is 18.1. The van der Waals surface area contributed by atoms with Crippen molar-refractivity contribution in [3.8, 4) is 0 Å². The molecule has 2 heteroatoms. The van der Waals surface area contributed by atoms with Crippen LogP contribution in [0.5, 0.6) is 0 Å². The number of hydrogen-bond donors (Lipinski definition) is 1. The van der Waals surface area contributed by atoms with Gasteiger partial charge in [-0.15, -0.1) is 0 Å². The van der Waals surface area contributed by atoms with E-state index >= 15 is 0 Å². The molecule has 0 spiro atoms. The van der Waals surface area contributed by atoms with Gasteiger partial charge in [0.25, 0.3) is 0 Å². The van der Waals surface area contributed by atoms with E-state index in [4.69, 9.17) is 0 Å². The van der Waals surface area contributed by atoms with Crippen LogP contribution in [0.4, 0.5) is 0 Å². The molecule has 0 aromatic carbocycles. The van der Waals surface area contributed by atoms with Gasteiger partial charge in [0.2, 0.25) is 5.91 Å². The number of amides is 1. The molecule has 0 aliphatic heterocycles. The summed E-state index contributed by atoms with van der Waals surface area (Å²) in [6.45, 7) is 2.15. The molecule has 1 rings (SSSR count). The van der Waals surface area contributed by atoms with Crippen LogP contribution in [0, 0.1) is 6.42 Å². The Balaban J connectivity index is 2.06. The third-order valence-corrected chi connectivity index (χ3v) is 2.84. The van der Waals surface area contributed by atoms with Gasteiger partial charge < -0.3 is 5.32 Å². The number of rotatable bonds is 5. The fourth-order valence-electron chi connectivity index (χ4n) is 1.94. The molecule has 0 saturated heterocycles. The third-order valence-electron chi connectivity index (χ3n) is 2.84. The molecule has 1 radical (unpaired) electrons. The summed E-state index contributed by atoms with van der Waals surface area (Å²) >= 11 is 0. The van der Waals surface area contributed by atoms with Crippen molar-refractivity contribution in [2.45, 2.75) is 64.3 Å². The van der Waals surface area contributed by atoms with E-state index in [1.165, 1.54) is 32.1 Å². The largest absolute Gasteiger partial charge is 0.353 e. The average Bonchev–Trinajstić information content (AvgIpc) is 2.20. The third kappa shape index (κ3) is 4.64. The predicted molar refractivity (Wildman–Crippen MR) is 58.8 cm³/mol. The summed E-state index contributed by atoms with van der Waals surface area (Å²) in [5.41, 5.74) is 0. The Kier molecular flexibility index (Phi) is 5.65. The van der Waals surface area contributed by atoms with Crippen LogP contribution in [0.1, 0.15) is 58.3 Å². The van der Waals surface area contributed by atoms with Crippen molar-refractivity contribution in [1.29, 1.82) is 0 Å². The first-order chi connectivity index (χ1) is 6.83. The molecule has 0 bridgehead atoms. The standard InChI is InChI=1S/C12H22NO/c1-2-3-5-10-12(14)13-11-8-6-4-7-9-11/h10-11H,2-9H2,1H3,(H,13,14). The van der Waals surface area contributed by atoms with Crippen LogP contribution in [-0.4, -0.2) is 11.9 Å². The highest BCUT2D eigenvalue weighted by Crippen LogP contribution is 2.17. The van der Waals surface area contributed by atoms with E-state index in [9.17, 15) is 4.79 Å². The van der Waals surface area contributed by atoms with E-state index in [1.807, 2.05) is 0 Å². The number of nitrogens with one attached hydrogen (secondary N) is 1. The van der Waals surface area contributed by atoms with Crippen LogP contribution in [0.15, 0.2) is 0 Å². The van der Waals surface area contributed by atoms with Crippen molar-refractivity contribution in [2.75, 3.05) is 0 Å². The van der Waals surface area contributed by atoms with Gasteiger partial charge in [-0.2, -0.15) is 0 Å². The van der Waals surface area contributed by atoms with E-state index in [1.54, 1.807) is 6.42 Å². The molecule has 1 aliphatic carbocycles. The van der Waals surface area contributed by atoms with Crippen LogP contribution in [0.3, 0.4) is 0 Å². The van der Waals surface area contributed by atoms with Crippen molar-refractivity contribution in [3.63, 3.8) is 0 Å². The maximum absolute atomic E-state index is 11.4. The van der Waals surface area contributed by atoms with Crippen molar-refractivity contribution in [1.82, 2.24) is 5.32 Å². The summed E-state index contributed by atoms with van der Waals surface area (Å²) in [7, 11) is 0. The Morgan fingerprint density at radius 2 is 2.07 bits per heavy atom. The van der Waals surface area contributed by atoms with E-state index in [0.29, 0.717) is 6.04 Å². The topological polar surface area (TPSA) is 29.1 Å². The van der Waals surface area contributed by atoms with E-state index in [2.05, 4.69) is 12.2 Å². The molecule has 2 nitrogen and oxygen atoms in total. The summed E-state index contributed by atoms with van der Waals surface area (Å²) in [4.78, 5) is 11.4. The zero-order chi connectivity index (χ0) is 10.2. The Morgan fingerprint density at radius 3 is 2.71 bits per heavy atom. The van der Waals surface area contributed by atoms with Gasteiger partial charge in [-0.3, -0.25) is 4.79 Å². The smallest absolute Gasteiger partial charge is 0.224 e. The molecule has 0 unspecified atom stereocenters. The van der Waals surface area contributed by atoms with E-state index in [-0.39, 0.29) is 5.91 Å². The Bertz CT molecular complexity index is 162. The number of unbranched alkanes of at least 4 members (excludes halogenated alkanes) is 2. The van der Waals surface area contributed by atoms with Gasteiger partial charge >= 0.3 is 0 Å². The predicted octanol–water partition coefficient (Wildman–Crippen LogP) is 2.83. The molecule has 0 atom stereocenters.